The van der Waals surface area contributed by atoms with Gasteiger partial charge in [-0.15, -0.1) is 0 Å². The van der Waals surface area contributed by atoms with Crippen LogP contribution in [0.1, 0.15) is 0 Å². The zero-order chi connectivity index (χ0) is 10.1. The summed E-state index contributed by atoms with van der Waals surface area (Å²) in [6.07, 6.45) is 0. The lowest BCUT2D eigenvalue weighted by molar-refractivity contribution is 0.537. The van der Waals surface area contributed by atoms with Crippen LogP contribution in [0.5, 0.6) is 0 Å². The molecule has 2 aromatic carbocycles. The van der Waals surface area contributed by atoms with Crippen molar-refractivity contribution in [2.75, 3.05) is 0 Å². The van der Waals surface area contributed by atoms with E-state index in [2.05, 4.69) is 15.9 Å². The third kappa shape index (κ3) is 1.61. The molecular formula is C10H6BrO2S-. The Bertz CT molecular complexity index is 510. The second kappa shape index (κ2) is 3.81. The van der Waals surface area contributed by atoms with Crippen molar-refractivity contribution in [3.05, 3.63) is 40.9 Å². The Kier molecular flexibility index (Phi) is 2.67. The van der Waals surface area contributed by atoms with Crippen LogP contribution in [0, 0.1) is 0 Å². The van der Waals surface area contributed by atoms with Gasteiger partial charge in [-0.25, -0.2) is 0 Å². The summed E-state index contributed by atoms with van der Waals surface area (Å²) in [5, 5.41) is 1.67. The zero-order valence-electron chi connectivity index (χ0n) is 7.07. The fourth-order valence-electron chi connectivity index (χ4n) is 1.39. The zero-order valence-corrected chi connectivity index (χ0v) is 9.47. The molecule has 0 spiro atoms. The fraction of sp³-hybridized carbons (Fsp3) is 0. The van der Waals surface area contributed by atoms with E-state index in [0.717, 1.165) is 10.8 Å². The SMILES string of the molecule is O=S([O-])c1c(Br)ccc2ccccc12. The predicted octanol–water partition coefficient (Wildman–Crippen LogP) is 2.84. The fourth-order valence-corrected chi connectivity index (χ4v) is 2.72. The Morgan fingerprint density at radius 3 is 2.57 bits per heavy atom. The van der Waals surface area contributed by atoms with E-state index in [1.165, 1.54) is 0 Å². The van der Waals surface area contributed by atoms with Crippen LogP contribution in [0.15, 0.2) is 45.8 Å². The van der Waals surface area contributed by atoms with Crippen LogP contribution in [0.4, 0.5) is 0 Å². The Morgan fingerprint density at radius 1 is 1.14 bits per heavy atom. The number of hydrogen-bond acceptors (Lipinski definition) is 2. The molecule has 0 saturated heterocycles. The van der Waals surface area contributed by atoms with Crippen LogP contribution >= 0.6 is 15.9 Å². The van der Waals surface area contributed by atoms with Gasteiger partial charge < -0.3 is 4.55 Å². The molecule has 1 atom stereocenters. The minimum atomic E-state index is -2.21. The summed E-state index contributed by atoms with van der Waals surface area (Å²) in [7, 11) is 0. The number of benzene rings is 2. The maximum absolute atomic E-state index is 11.0. The Labute approximate surface area is 92.4 Å². The molecule has 0 aliphatic heterocycles. The van der Waals surface area contributed by atoms with Crippen LogP contribution in [0.2, 0.25) is 0 Å². The molecule has 0 bridgehead atoms. The topological polar surface area (TPSA) is 40.1 Å². The van der Waals surface area contributed by atoms with Gasteiger partial charge in [-0.3, -0.25) is 4.21 Å². The molecule has 4 heteroatoms. The third-order valence-electron chi connectivity index (χ3n) is 2.00. The normalized spacial score (nSPS) is 13.0. The first kappa shape index (κ1) is 9.83. The van der Waals surface area contributed by atoms with Crippen molar-refractivity contribution in [2.45, 2.75) is 4.90 Å². The largest absolute Gasteiger partial charge is 0.768 e. The molecule has 2 nitrogen and oxygen atoms in total. The average molecular weight is 270 g/mol. The van der Waals surface area contributed by atoms with Crippen molar-refractivity contribution < 1.29 is 8.76 Å². The van der Waals surface area contributed by atoms with Crippen molar-refractivity contribution in [1.82, 2.24) is 0 Å². The molecule has 72 valence electrons. The number of fused-ring (bicyclic) bond motifs is 1. The number of halogens is 1. The first-order chi connectivity index (χ1) is 6.70. The molecule has 0 amide bonds. The summed E-state index contributed by atoms with van der Waals surface area (Å²) >= 11 is 1.01. The lowest BCUT2D eigenvalue weighted by Gasteiger charge is -2.11. The van der Waals surface area contributed by atoms with Gasteiger partial charge in [0.05, 0.1) is 0 Å². The van der Waals surface area contributed by atoms with Crippen LogP contribution < -0.4 is 0 Å². The van der Waals surface area contributed by atoms with Gasteiger partial charge in [0.2, 0.25) is 0 Å². The summed E-state index contributed by atoms with van der Waals surface area (Å²) in [6.45, 7) is 0. The van der Waals surface area contributed by atoms with Gasteiger partial charge in [0, 0.05) is 9.37 Å². The maximum Gasteiger partial charge on any atom is 0.0469 e. The molecule has 0 aliphatic rings. The van der Waals surface area contributed by atoms with E-state index >= 15 is 0 Å². The number of rotatable bonds is 1. The first-order valence-corrected chi connectivity index (χ1v) is 5.83. The summed E-state index contributed by atoms with van der Waals surface area (Å²) in [5.41, 5.74) is 0. The highest BCUT2D eigenvalue weighted by molar-refractivity contribution is 9.10. The van der Waals surface area contributed by atoms with E-state index in [9.17, 15) is 8.76 Å². The van der Waals surface area contributed by atoms with Gasteiger partial charge in [0.15, 0.2) is 0 Å². The van der Waals surface area contributed by atoms with Crippen LogP contribution in [-0.2, 0) is 11.1 Å². The minimum Gasteiger partial charge on any atom is -0.768 e. The molecule has 2 aromatic rings. The second-order valence-corrected chi connectivity index (χ2v) is 4.56. The summed E-state index contributed by atoms with van der Waals surface area (Å²) in [5.74, 6) is 0. The predicted molar refractivity (Wildman–Crippen MR) is 58.8 cm³/mol. The standard InChI is InChI=1S/C10H7BrO2S/c11-9-6-5-7-3-1-2-4-8(7)10(9)14(12)13/h1-6H,(H,12,13)/p-1. The summed E-state index contributed by atoms with van der Waals surface area (Å²) in [6, 6.07) is 11.0. The van der Waals surface area contributed by atoms with E-state index < -0.39 is 11.1 Å². The lowest BCUT2D eigenvalue weighted by atomic mass is 10.1. The van der Waals surface area contributed by atoms with Crippen LogP contribution in [0.3, 0.4) is 0 Å². The second-order valence-electron chi connectivity index (χ2n) is 2.83. The van der Waals surface area contributed by atoms with Crippen LogP contribution in [0.25, 0.3) is 10.8 Å². The number of hydrogen-bond donors (Lipinski definition) is 0. The molecule has 2 rings (SSSR count). The molecule has 0 aliphatic carbocycles. The van der Waals surface area contributed by atoms with Gasteiger partial charge in [-0.05, 0) is 43.8 Å². The molecule has 0 aromatic heterocycles. The van der Waals surface area contributed by atoms with Gasteiger partial charge in [-0.2, -0.15) is 0 Å². The maximum atomic E-state index is 11.0. The van der Waals surface area contributed by atoms with Gasteiger partial charge >= 0.3 is 0 Å². The highest BCUT2D eigenvalue weighted by Gasteiger charge is 2.05. The van der Waals surface area contributed by atoms with E-state index in [1.807, 2.05) is 24.3 Å². The van der Waals surface area contributed by atoms with Crippen molar-refractivity contribution in [1.29, 1.82) is 0 Å². The average Bonchev–Trinajstić information content (AvgIpc) is 2.17. The Hall–Kier alpha value is -0.710. The summed E-state index contributed by atoms with van der Waals surface area (Å²) in [4.78, 5) is 0.322. The van der Waals surface area contributed by atoms with Crippen molar-refractivity contribution >= 4 is 37.8 Å². The molecule has 0 N–H and O–H groups in total. The Balaban J connectivity index is 2.90. The van der Waals surface area contributed by atoms with E-state index in [0.29, 0.717) is 9.37 Å². The molecular weight excluding hydrogens is 264 g/mol. The van der Waals surface area contributed by atoms with Crippen molar-refractivity contribution in [3.8, 4) is 0 Å². The highest BCUT2D eigenvalue weighted by atomic mass is 79.9. The van der Waals surface area contributed by atoms with Gasteiger partial charge in [0.1, 0.15) is 0 Å². The van der Waals surface area contributed by atoms with E-state index in [-0.39, 0.29) is 0 Å². The van der Waals surface area contributed by atoms with Gasteiger partial charge in [-0.1, -0.05) is 30.3 Å². The molecule has 0 radical (unpaired) electrons. The van der Waals surface area contributed by atoms with E-state index in [1.54, 1.807) is 12.1 Å². The van der Waals surface area contributed by atoms with Gasteiger partial charge in [0.25, 0.3) is 0 Å². The molecule has 0 fully saturated rings. The Morgan fingerprint density at radius 2 is 1.86 bits per heavy atom. The third-order valence-corrected chi connectivity index (χ3v) is 3.69. The summed E-state index contributed by atoms with van der Waals surface area (Å²) < 4.78 is 22.6. The lowest BCUT2D eigenvalue weighted by Crippen LogP contribution is -1.92. The quantitative estimate of drug-likeness (QED) is 0.747. The molecule has 0 saturated carbocycles. The van der Waals surface area contributed by atoms with E-state index in [4.69, 9.17) is 0 Å². The molecule has 1 unspecified atom stereocenters. The highest BCUT2D eigenvalue weighted by Crippen LogP contribution is 2.28. The molecule has 14 heavy (non-hydrogen) atoms. The smallest absolute Gasteiger partial charge is 0.0469 e. The monoisotopic (exact) mass is 269 g/mol. The first-order valence-electron chi connectivity index (χ1n) is 3.96. The van der Waals surface area contributed by atoms with Crippen molar-refractivity contribution in [3.63, 3.8) is 0 Å². The van der Waals surface area contributed by atoms with Crippen molar-refractivity contribution in [2.24, 2.45) is 0 Å². The van der Waals surface area contributed by atoms with Crippen LogP contribution in [-0.4, -0.2) is 8.76 Å². The molecule has 0 heterocycles. The minimum absolute atomic E-state index is 0.322.